The van der Waals surface area contributed by atoms with Gasteiger partial charge >= 0.3 is 0 Å². The number of nitrogens with one attached hydrogen (secondary N) is 1. The van der Waals surface area contributed by atoms with Crippen molar-refractivity contribution in [2.45, 2.75) is 19.4 Å². The number of hydrogen-bond donors (Lipinski definition) is 3. The number of hydrogen-bond acceptors (Lipinski definition) is 4. The molecule has 0 aliphatic heterocycles. The SMILES string of the molecule is CC(C)(Nc1cc(C#N)ccc1N)C(N)=O. The minimum absolute atomic E-state index is 0.466. The summed E-state index contributed by atoms with van der Waals surface area (Å²) >= 11 is 0. The average Bonchev–Trinajstić information content (AvgIpc) is 2.21. The van der Waals surface area contributed by atoms with Crippen molar-refractivity contribution < 1.29 is 4.79 Å². The molecule has 0 saturated heterocycles. The molecule has 5 heteroatoms. The van der Waals surface area contributed by atoms with Gasteiger partial charge < -0.3 is 16.8 Å². The molecule has 1 amide bonds. The molecule has 84 valence electrons. The first-order valence-corrected chi connectivity index (χ1v) is 4.74. The molecule has 0 atom stereocenters. The Bertz CT molecular complexity index is 460. The molecule has 0 radical (unpaired) electrons. The van der Waals surface area contributed by atoms with Crippen LogP contribution in [0.1, 0.15) is 19.4 Å². The van der Waals surface area contributed by atoms with E-state index in [0.717, 1.165) is 0 Å². The van der Waals surface area contributed by atoms with Crippen LogP contribution in [0.4, 0.5) is 11.4 Å². The monoisotopic (exact) mass is 218 g/mol. The smallest absolute Gasteiger partial charge is 0.242 e. The Labute approximate surface area is 94.0 Å². The van der Waals surface area contributed by atoms with E-state index in [2.05, 4.69) is 5.32 Å². The van der Waals surface area contributed by atoms with Crippen molar-refractivity contribution in [3.8, 4) is 6.07 Å². The van der Waals surface area contributed by atoms with E-state index >= 15 is 0 Å². The molecule has 0 heterocycles. The molecule has 0 bridgehead atoms. The third-order valence-corrected chi connectivity index (χ3v) is 2.25. The van der Waals surface area contributed by atoms with E-state index in [4.69, 9.17) is 16.7 Å². The van der Waals surface area contributed by atoms with Gasteiger partial charge in [0.05, 0.1) is 23.0 Å². The molecule has 1 rings (SSSR count). The second-order valence-electron chi connectivity index (χ2n) is 4.03. The molecule has 0 aliphatic rings. The summed E-state index contributed by atoms with van der Waals surface area (Å²) in [6, 6.07) is 6.80. The number of carbonyl (C=O) groups is 1. The number of benzene rings is 1. The van der Waals surface area contributed by atoms with Gasteiger partial charge in [0.1, 0.15) is 5.54 Å². The van der Waals surface area contributed by atoms with Gasteiger partial charge in [0, 0.05) is 0 Å². The highest BCUT2D eigenvalue weighted by Crippen LogP contribution is 2.23. The number of anilines is 2. The van der Waals surface area contributed by atoms with E-state index in [1.54, 1.807) is 32.0 Å². The van der Waals surface area contributed by atoms with Gasteiger partial charge in [-0.15, -0.1) is 0 Å². The lowest BCUT2D eigenvalue weighted by Crippen LogP contribution is -2.45. The Kier molecular flexibility index (Phi) is 3.04. The lowest BCUT2D eigenvalue weighted by Gasteiger charge is -2.24. The number of nitrogen functional groups attached to an aromatic ring is 1. The molecule has 0 aromatic heterocycles. The molecule has 5 N–H and O–H groups in total. The van der Waals surface area contributed by atoms with Crippen LogP contribution in [0.3, 0.4) is 0 Å². The van der Waals surface area contributed by atoms with Crippen molar-refractivity contribution in [2.75, 3.05) is 11.1 Å². The number of nitrogens with two attached hydrogens (primary N) is 2. The van der Waals surface area contributed by atoms with Crippen molar-refractivity contribution in [1.82, 2.24) is 0 Å². The van der Waals surface area contributed by atoms with E-state index in [9.17, 15) is 4.79 Å². The molecule has 1 aromatic carbocycles. The van der Waals surface area contributed by atoms with Crippen LogP contribution in [0.25, 0.3) is 0 Å². The Balaban J connectivity index is 3.06. The van der Waals surface area contributed by atoms with Crippen LogP contribution in [0.5, 0.6) is 0 Å². The molecule has 0 fully saturated rings. The van der Waals surface area contributed by atoms with Crippen LogP contribution in [-0.2, 0) is 4.79 Å². The number of rotatable bonds is 3. The first-order valence-electron chi connectivity index (χ1n) is 4.74. The Morgan fingerprint density at radius 2 is 2.12 bits per heavy atom. The highest BCUT2D eigenvalue weighted by atomic mass is 16.1. The quantitative estimate of drug-likeness (QED) is 0.653. The highest BCUT2D eigenvalue weighted by molar-refractivity contribution is 5.88. The molecular weight excluding hydrogens is 204 g/mol. The van der Waals surface area contributed by atoms with Crippen molar-refractivity contribution in [1.29, 1.82) is 5.26 Å². The summed E-state index contributed by atoms with van der Waals surface area (Å²) in [5.74, 6) is -0.491. The third-order valence-electron chi connectivity index (χ3n) is 2.25. The summed E-state index contributed by atoms with van der Waals surface area (Å²) in [7, 11) is 0. The minimum atomic E-state index is -0.914. The molecule has 0 spiro atoms. The Morgan fingerprint density at radius 1 is 1.50 bits per heavy atom. The first kappa shape index (κ1) is 11.9. The molecule has 16 heavy (non-hydrogen) atoms. The number of nitrogens with zero attached hydrogens (tertiary/aromatic N) is 1. The standard InChI is InChI=1S/C11H14N4O/c1-11(2,10(14)16)15-9-5-7(6-12)3-4-8(9)13/h3-5,15H,13H2,1-2H3,(H2,14,16). The van der Waals surface area contributed by atoms with Gasteiger partial charge in [-0.2, -0.15) is 5.26 Å². The lowest BCUT2D eigenvalue weighted by molar-refractivity contribution is -0.121. The fourth-order valence-electron chi connectivity index (χ4n) is 1.13. The molecule has 0 unspecified atom stereocenters. The normalized spacial score (nSPS) is 10.6. The lowest BCUT2D eigenvalue weighted by atomic mass is 10.0. The van der Waals surface area contributed by atoms with Crippen molar-refractivity contribution in [2.24, 2.45) is 5.73 Å². The van der Waals surface area contributed by atoms with Gasteiger partial charge in [-0.1, -0.05) is 0 Å². The van der Waals surface area contributed by atoms with Gasteiger partial charge in [-0.25, -0.2) is 0 Å². The average molecular weight is 218 g/mol. The van der Waals surface area contributed by atoms with Crippen molar-refractivity contribution in [3.63, 3.8) is 0 Å². The van der Waals surface area contributed by atoms with Crippen LogP contribution in [0.2, 0.25) is 0 Å². The summed E-state index contributed by atoms with van der Waals surface area (Å²) in [6.45, 7) is 3.29. The van der Waals surface area contributed by atoms with Gasteiger partial charge in [-0.05, 0) is 32.0 Å². The predicted molar refractivity (Wildman–Crippen MR) is 62.5 cm³/mol. The van der Waals surface area contributed by atoms with Gasteiger partial charge in [0.25, 0.3) is 0 Å². The maximum atomic E-state index is 11.1. The summed E-state index contributed by atoms with van der Waals surface area (Å²) in [5, 5.41) is 11.7. The number of nitriles is 1. The second kappa shape index (κ2) is 4.11. The van der Waals surface area contributed by atoms with Gasteiger partial charge in [0.15, 0.2) is 0 Å². The summed E-state index contributed by atoms with van der Waals surface area (Å²) in [6.07, 6.45) is 0. The summed E-state index contributed by atoms with van der Waals surface area (Å²) in [4.78, 5) is 11.1. The number of amides is 1. The van der Waals surface area contributed by atoms with Gasteiger partial charge in [-0.3, -0.25) is 4.79 Å². The number of carbonyl (C=O) groups excluding carboxylic acids is 1. The Hall–Kier alpha value is -2.22. The summed E-state index contributed by atoms with van der Waals surface area (Å²) in [5.41, 5.74) is 11.5. The zero-order valence-electron chi connectivity index (χ0n) is 9.24. The van der Waals surface area contributed by atoms with Crippen molar-refractivity contribution >= 4 is 17.3 Å². The maximum Gasteiger partial charge on any atom is 0.242 e. The third kappa shape index (κ3) is 2.42. The maximum absolute atomic E-state index is 11.1. The summed E-state index contributed by atoms with van der Waals surface area (Å²) < 4.78 is 0. The zero-order valence-corrected chi connectivity index (χ0v) is 9.24. The van der Waals surface area contributed by atoms with Crippen LogP contribution >= 0.6 is 0 Å². The van der Waals surface area contributed by atoms with Gasteiger partial charge in [0.2, 0.25) is 5.91 Å². The molecule has 0 aliphatic carbocycles. The second-order valence-corrected chi connectivity index (χ2v) is 4.03. The fourth-order valence-corrected chi connectivity index (χ4v) is 1.13. The van der Waals surface area contributed by atoms with Crippen LogP contribution in [0, 0.1) is 11.3 Å². The van der Waals surface area contributed by atoms with Crippen LogP contribution < -0.4 is 16.8 Å². The first-order chi connectivity index (χ1) is 7.36. The largest absolute Gasteiger partial charge is 0.397 e. The van der Waals surface area contributed by atoms with E-state index in [-0.39, 0.29) is 0 Å². The Morgan fingerprint density at radius 3 is 2.62 bits per heavy atom. The topological polar surface area (TPSA) is 105 Å². The molecule has 1 aromatic rings. The molecule has 0 saturated carbocycles. The van der Waals surface area contributed by atoms with E-state index in [1.165, 1.54) is 0 Å². The van der Waals surface area contributed by atoms with Crippen LogP contribution in [-0.4, -0.2) is 11.4 Å². The molecule has 5 nitrogen and oxygen atoms in total. The van der Waals surface area contributed by atoms with E-state index in [1.807, 2.05) is 6.07 Å². The highest BCUT2D eigenvalue weighted by Gasteiger charge is 2.25. The van der Waals surface area contributed by atoms with E-state index < -0.39 is 11.4 Å². The fraction of sp³-hybridized carbons (Fsp3) is 0.273. The van der Waals surface area contributed by atoms with Crippen molar-refractivity contribution in [3.05, 3.63) is 23.8 Å². The molecular formula is C11H14N4O. The zero-order chi connectivity index (χ0) is 12.3. The van der Waals surface area contributed by atoms with Crippen LogP contribution in [0.15, 0.2) is 18.2 Å². The predicted octanol–water partition coefficient (Wildman–Crippen LogP) is 0.816. The number of primary amides is 1. The minimum Gasteiger partial charge on any atom is -0.397 e. The van der Waals surface area contributed by atoms with E-state index in [0.29, 0.717) is 16.9 Å².